The Balaban J connectivity index is 2.33. The molecule has 0 saturated heterocycles. The minimum atomic E-state index is 0.0619. The van der Waals surface area contributed by atoms with Crippen LogP contribution < -0.4 is 0 Å². The van der Waals surface area contributed by atoms with Crippen LogP contribution >= 0.6 is 23.2 Å². The molecule has 2 aromatic rings. The van der Waals surface area contributed by atoms with E-state index in [1.807, 2.05) is 12.1 Å². The maximum atomic E-state index is 6.63. The maximum Gasteiger partial charge on any atom is 0.0446 e. The first kappa shape index (κ1) is 22.3. The van der Waals surface area contributed by atoms with Crippen molar-refractivity contribution < 1.29 is 0 Å². The van der Waals surface area contributed by atoms with Crippen molar-refractivity contribution in [3.63, 3.8) is 0 Å². The molecule has 148 valence electrons. The van der Waals surface area contributed by atoms with E-state index >= 15 is 0 Å². The molecule has 27 heavy (non-hydrogen) atoms. The number of rotatable bonds is 7. The molecule has 0 radical (unpaired) electrons. The van der Waals surface area contributed by atoms with Crippen LogP contribution in [0, 0.1) is 5.41 Å². The molecule has 2 rings (SSSR count). The summed E-state index contributed by atoms with van der Waals surface area (Å²) in [6, 6.07) is 14.9. The molecular weight excluding hydrogens is 371 g/mol. The highest BCUT2D eigenvalue weighted by Crippen LogP contribution is 2.44. The molecule has 0 saturated carbocycles. The van der Waals surface area contributed by atoms with E-state index in [0.717, 1.165) is 22.9 Å². The van der Waals surface area contributed by atoms with E-state index in [9.17, 15) is 0 Å². The van der Waals surface area contributed by atoms with Gasteiger partial charge in [-0.3, -0.25) is 0 Å². The molecule has 0 spiro atoms. The van der Waals surface area contributed by atoms with Gasteiger partial charge in [0, 0.05) is 10.0 Å². The van der Waals surface area contributed by atoms with Crippen molar-refractivity contribution in [1.29, 1.82) is 0 Å². The molecule has 2 heteroatoms. The van der Waals surface area contributed by atoms with Crippen LogP contribution in [0.1, 0.15) is 83.4 Å². The number of halogens is 2. The number of benzene rings is 2. The van der Waals surface area contributed by atoms with Crippen molar-refractivity contribution in [2.24, 2.45) is 5.41 Å². The third-order valence-corrected chi connectivity index (χ3v) is 6.23. The number of hydrogen-bond donors (Lipinski definition) is 0. The fourth-order valence-electron chi connectivity index (χ4n) is 4.06. The molecule has 0 N–H and O–H groups in total. The average molecular weight is 405 g/mol. The Morgan fingerprint density at radius 1 is 0.889 bits per heavy atom. The van der Waals surface area contributed by atoms with Gasteiger partial charge in [0.05, 0.1) is 0 Å². The van der Waals surface area contributed by atoms with Crippen LogP contribution in [-0.2, 0) is 11.8 Å². The van der Waals surface area contributed by atoms with E-state index in [2.05, 4.69) is 71.9 Å². The molecular formula is C25H34Cl2. The van der Waals surface area contributed by atoms with Gasteiger partial charge in [-0.25, -0.2) is 0 Å². The van der Waals surface area contributed by atoms with Crippen molar-refractivity contribution in [1.82, 2.24) is 0 Å². The van der Waals surface area contributed by atoms with E-state index in [1.165, 1.54) is 29.5 Å². The van der Waals surface area contributed by atoms with Gasteiger partial charge < -0.3 is 0 Å². The lowest BCUT2D eigenvalue weighted by molar-refractivity contribution is 0.265. The predicted octanol–water partition coefficient (Wildman–Crippen LogP) is 8.83. The van der Waals surface area contributed by atoms with Gasteiger partial charge in [-0.1, -0.05) is 108 Å². The second-order valence-corrected chi connectivity index (χ2v) is 10.3. The minimum absolute atomic E-state index is 0.0619. The molecule has 2 aromatic carbocycles. The fourth-order valence-corrected chi connectivity index (χ4v) is 4.81. The van der Waals surface area contributed by atoms with Crippen LogP contribution in [0.25, 0.3) is 0 Å². The number of hydrogen-bond acceptors (Lipinski definition) is 0. The highest BCUT2D eigenvalue weighted by molar-refractivity contribution is 6.31. The van der Waals surface area contributed by atoms with Crippen LogP contribution in [0.5, 0.6) is 0 Å². The largest absolute Gasteiger partial charge is 0.0840 e. The zero-order valence-electron chi connectivity index (χ0n) is 17.7. The first-order valence-electron chi connectivity index (χ1n) is 10.1. The SMILES string of the molecule is CCCCC(c1ccccc1Cl)C(C)(C)Cc1ccc(C(C)(C)C)c(Cl)c1. The first-order chi connectivity index (χ1) is 12.6. The lowest BCUT2D eigenvalue weighted by atomic mass is 9.69. The van der Waals surface area contributed by atoms with Crippen LogP contribution in [0.4, 0.5) is 0 Å². The lowest BCUT2D eigenvalue weighted by Gasteiger charge is -2.36. The average Bonchev–Trinajstić information content (AvgIpc) is 2.55. The van der Waals surface area contributed by atoms with Gasteiger partial charge in [0.2, 0.25) is 0 Å². The Morgan fingerprint density at radius 3 is 2.11 bits per heavy atom. The summed E-state index contributed by atoms with van der Waals surface area (Å²) < 4.78 is 0. The molecule has 0 amide bonds. The molecule has 0 nitrogen and oxygen atoms in total. The van der Waals surface area contributed by atoms with Gasteiger partial charge in [0.15, 0.2) is 0 Å². The Labute approximate surface area is 176 Å². The van der Waals surface area contributed by atoms with Crippen LogP contribution in [-0.4, -0.2) is 0 Å². The first-order valence-corrected chi connectivity index (χ1v) is 10.8. The van der Waals surface area contributed by atoms with Crippen LogP contribution in [0.3, 0.4) is 0 Å². The Morgan fingerprint density at radius 2 is 1.56 bits per heavy atom. The fraction of sp³-hybridized carbons (Fsp3) is 0.520. The van der Waals surface area contributed by atoms with Gasteiger partial charge in [-0.05, 0) is 58.4 Å². The van der Waals surface area contributed by atoms with E-state index in [-0.39, 0.29) is 10.8 Å². The van der Waals surface area contributed by atoms with Crippen molar-refractivity contribution in [2.45, 2.75) is 78.6 Å². The summed E-state index contributed by atoms with van der Waals surface area (Å²) in [5, 5.41) is 1.76. The Hall–Kier alpha value is -0.980. The van der Waals surface area contributed by atoms with Crippen LogP contribution in [0.2, 0.25) is 10.0 Å². The normalized spacial score (nSPS) is 13.6. The van der Waals surface area contributed by atoms with Gasteiger partial charge in [0.1, 0.15) is 0 Å². The predicted molar refractivity (Wildman–Crippen MR) is 121 cm³/mol. The second kappa shape index (κ2) is 9.01. The number of unbranched alkanes of at least 4 members (excludes halogenated alkanes) is 1. The highest BCUT2D eigenvalue weighted by Gasteiger charge is 2.32. The molecule has 1 atom stereocenters. The summed E-state index contributed by atoms with van der Waals surface area (Å²) in [6.45, 7) is 13.6. The summed E-state index contributed by atoms with van der Waals surface area (Å²) in [7, 11) is 0. The zero-order chi connectivity index (χ0) is 20.2. The van der Waals surface area contributed by atoms with E-state index in [0.29, 0.717) is 5.92 Å². The summed E-state index contributed by atoms with van der Waals surface area (Å²) in [5.41, 5.74) is 3.93. The Kier molecular flexibility index (Phi) is 7.45. The maximum absolute atomic E-state index is 6.63. The minimum Gasteiger partial charge on any atom is -0.0840 e. The molecule has 0 bridgehead atoms. The van der Waals surface area contributed by atoms with Gasteiger partial charge in [-0.15, -0.1) is 0 Å². The Bertz CT molecular complexity index is 753. The lowest BCUT2D eigenvalue weighted by Crippen LogP contribution is -2.25. The summed E-state index contributed by atoms with van der Waals surface area (Å²) in [6.07, 6.45) is 4.55. The standard InChI is InChI=1S/C25H34Cl2/c1-7-8-12-20(19-11-9-10-13-22(19)26)25(5,6)17-18-14-15-21(23(27)16-18)24(2,3)4/h9-11,13-16,20H,7-8,12,17H2,1-6H3. The van der Waals surface area contributed by atoms with Gasteiger partial charge >= 0.3 is 0 Å². The molecule has 0 aliphatic heterocycles. The quantitative estimate of drug-likeness (QED) is 0.432. The van der Waals surface area contributed by atoms with E-state index in [1.54, 1.807) is 0 Å². The summed E-state index contributed by atoms with van der Waals surface area (Å²) >= 11 is 13.2. The molecule has 0 aliphatic carbocycles. The van der Waals surface area contributed by atoms with Crippen molar-refractivity contribution in [2.75, 3.05) is 0 Å². The summed E-state index contributed by atoms with van der Waals surface area (Å²) in [4.78, 5) is 0. The van der Waals surface area contributed by atoms with Gasteiger partial charge in [0.25, 0.3) is 0 Å². The molecule has 0 heterocycles. The van der Waals surface area contributed by atoms with E-state index in [4.69, 9.17) is 23.2 Å². The third-order valence-electron chi connectivity index (χ3n) is 5.57. The second-order valence-electron chi connectivity index (χ2n) is 9.45. The van der Waals surface area contributed by atoms with Crippen molar-refractivity contribution >= 4 is 23.2 Å². The van der Waals surface area contributed by atoms with Gasteiger partial charge in [-0.2, -0.15) is 0 Å². The topological polar surface area (TPSA) is 0 Å². The molecule has 0 fully saturated rings. The molecule has 0 aliphatic rings. The van der Waals surface area contributed by atoms with E-state index < -0.39 is 0 Å². The van der Waals surface area contributed by atoms with Crippen molar-refractivity contribution in [3.05, 3.63) is 69.2 Å². The molecule has 1 unspecified atom stereocenters. The molecule has 0 aromatic heterocycles. The monoisotopic (exact) mass is 404 g/mol. The summed E-state index contributed by atoms with van der Waals surface area (Å²) in [5.74, 6) is 0.423. The van der Waals surface area contributed by atoms with Crippen LogP contribution in [0.15, 0.2) is 42.5 Å². The highest BCUT2D eigenvalue weighted by atomic mass is 35.5. The smallest absolute Gasteiger partial charge is 0.0446 e. The van der Waals surface area contributed by atoms with Crippen molar-refractivity contribution in [3.8, 4) is 0 Å². The third kappa shape index (κ3) is 5.75. The zero-order valence-corrected chi connectivity index (χ0v) is 19.2.